The van der Waals surface area contributed by atoms with E-state index in [1.165, 1.54) is 0 Å². The predicted molar refractivity (Wildman–Crippen MR) is 78.3 cm³/mol. The summed E-state index contributed by atoms with van der Waals surface area (Å²) in [7, 11) is 0. The van der Waals surface area contributed by atoms with E-state index in [1.807, 2.05) is 43.3 Å². The molecule has 0 atom stereocenters. The maximum atomic E-state index is 6.14. The standard InChI is InChI=1S/C14H13BrClNO/c1-9-2-4-14(12(16)6-9)18-13-5-3-11(15)7-10(13)8-17/h2-7H,8,17H2,1H3. The molecule has 4 heteroatoms. The van der Waals surface area contributed by atoms with E-state index in [4.69, 9.17) is 22.1 Å². The van der Waals surface area contributed by atoms with Gasteiger partial charge in [0.05, 0.1) is 5.02 Å². The zero-order valence-corrected chi connectivity index (χ0v) is 12.3. The molecule has 2 rings (SSSR count). The minimum atomic E-state index is 0.415. The molecule has 0 aliphatic heterocycles. The van der Waals surface area contributed by atoms with Crippen molar-refractivity contribution in [3.05, 3.63) is 57.0 Å². The van der Waals surface area contributed by atoms with E-state index < -0.39 is 0 Å². The number of aryl methyl sites for hydroxylation is 1. The van der Waals surface area contributed by atoms with Gasteiger partial charge < -0.3 is 10.5 Å². The fourth-order valence-corrected chi connectivity index (χ4v) is 2.30. The van der Waals surface area contributed by atoms with Gasteiger partial charge in [-0.2, -0.15) is 0 Å². The minimum absolute atomic E-state index is 0.415. The zero-order valence-electron chi connectivity index (χ0n) is 9.91. The van der Waals surface area contributed by atoms with Crippen LogP contribution in [0, 0.1) is 6.92 Å². The highest BCUT2D eigenvalue weighted by Crippen LogP contribution is 2.32. The fourth-order valence-electron chi connectivity index (χ4n) is 1.61. The Hall–Kier alpha value is -1.03. The molecule has 0 bridgehead atoms. The molecule has 0 aliphatic carbocycles. The van der Waals surface area contributed by atoms with E-state index in [2.05, 4.69) is 15.9 Å². The molecule has 0 aliphatic rings. The number of ether oxygens (including phenoxy) is 1. The molecule has 18 heavy (non-hydrogen) atoms. The summed E-state index contributed by atoms with van der Waals surface area (Å²) in [5.41, 5.74) is 7.73. The van der Waals surface area contributed by atoms with Crippen LogP contribution in [0.15, 0.2) is 40.9 Å². The Labute approximate surface area is 120 Å². The third kappa shape index (κ3) is 3.05. The minimum Gasteiger partial charge on any atom is -0.455 e. The summed E-state index contributed by atoms with van der Waals surface area (Å²) in [5.74, 6) is 1.37. The van der Waals surface area contributed by atoms with Crippen molar-refractivity contribution in [3.63, 3.8) is 0 Å². The van der Waals surface area contributed by atoms with Gasteiger partial charge >= 0.3 is 0 Å². The summed E-state index contributed by atoms with van der Waals surface area (Å²) >= 11 is 9.55. The maximum Gasteiger partial charge on any atom is 0.146 e. The first kappa shape index (κ1) is 13.4. The lowest BCUT2D eigenvalue weighted by Crippen LogP contribution is -1.99. The lowest BCUT2D eigenvalue weighted by atomic mass is 10.2. The van der Waals surface area contributed by atoms with Crippen LogP contribution in [0.25, 0.3) is 0 Å². The Bertz CT molecular complexity index is 572. The molecular formula is C14H13BrClNO. The molecule has 0 unspecified atom stereocenters. The van der Waals surface area contributed by atoms with Gasteiger partial charge in [-0.3, -0.25) is 0 Å². The second-order valence-corrected chi connectivity index (χ2v) is 5.31. The van der Waals surface area contributed by atoms with Crippen LogP contribution in [-0.4, -0.2) is 0 Å². The average Bonchev–Trinajstić information content (AvgIpc) is 2.34. The number of benzene rings is 2. The Morgan fingerprint density at radius 1 is 1.17 bits per heavy atom. The van der Waals surface area contributed by atoms with Crippen molar-refractivity contribution in [3.8, 4) is 11.5 Å². The second kappa shape index (κ2) is 5.74. The molecule has 0 heterocycles. The quantitative estimate of drug-likeness (QED) is 0.890. The van der Waals surface area contributed by atoms with Crippen LogP contribution in [0.5, 0.6) is 11.5 Å². The lowest BCUT2D eigenvalue weighted by Gasteiger charge is -2.12. The first-order valence-corrected chi connectivity index (χ1v) is 6.70. The van der Waals surface area contributed by atoms with Crippen LogP contribution < -0.4 is 10.5 Å². The smallest absolute Gasteiger partial charge is 0.146 e. The third-order valence-electron chi connectivity index (χ3n) is 2.55. The summed E-state index contributed by atoms with van der Waals surface area (Å²) in [6, 6.07) is 11.4. The molecule has 0 aromatic heterocycles. The van der Waals surface area contributed by atoms with Crippen LogP contribution in [0.1, 0.15) is 11.1 Å². The van der Waals surface area contributed by atoms with Gasteiger partial charge in [-0.1, -0.05) is 33.6 Å². The van der Waals surface area contributed by atoms with Crippen molar-refractivity contribution in [1.82, 2.24) is 0 Å². The molecule has 0 radical (unpaired) electrons. The Kier molecular flexibility index (Phi) is 4.27. The zero-order chi connectivity index (χ0) is 13.1. The molecule has 0 spiro atoms. The van der Waals surface area contributed by atoms with Gasteiger partial charge in [-0.05, 0) is 42.8 Å². The van der Waals surface area contributed by atoms with Crippen molar-refractivity contribution in [2.24, 2.45) is 5.73 Å². The van der Waals surface area contributed by atoms with Gasteiger partial charge in [0.15, 0.2) is 0 Å². The van der Waals surface area contributed by atoms with Crippen molar-refractivity contribution in [2.45, 2.75) is 13.5 Å². The Morgan fingerprint density at radius 2 is 1.89 bits per heavy atom. The molecule has 0 fully saturated rings. The highest BCUT2D eigenvalue weighted by atomic mass is 79.9. The summed E-state index contributed by atoms with van der Waals surface area (Å²) in [6.45, 7) is 2.40. The second-order valence-electron chi connectivity index (χ2n) is 3.99. The molecule has 2 N–H and O–H groups in total. The van der Waals surface area contributed by atoms with Crippen LogP contribution in [0.2, 0.25) is 5.02 Å². The molecule has 2 nitrogen and oxygen atoms in total. The molecule has 2 aromatic rings. The molecular weight excluding hydrogens is 314 g/mol. The van der Waals surface area contributed by atoms with E-state index >= 15 is 0 Å². The van der Waals surface area contributed by atoms with Gasteiger partial charge in [-0.15, -0.1) is 0 Å². The van der Waals surface area contributed by atoms with Gasteiger partial charge in [0.2, 0.25) is 0 Å². The van der Waals surface area contributed by atoms with Gasteiger partial charge in [0, 0.05) is 16.6 Å². The van der Waals surface area contributed by atoms with Crippen LogP contribution >= 0.6 is 27.5 Å². The Balaban J connectivity index is 2.33. The van der Waals surface area contributed by atoms with Crippen molar-refractivity contribution in [1.29, 1.82) is 0 Å². The summed E-state index contributed by atoms with van der Waals surface area (Å²) < 4.78 is 6.79. The van der Waals surface area contributed by atoms with Crippen molar-refractivity contribution >= 4 is 27.5 Å². The van der Waals surface area contributed by atoms with Gasteiger partial charge in [0.25, 0.3) is 0 Å². The van der Waals surface area contributed by atoms with Crippen molar-refractivity contribution < 1.29 is 4.74 Å². The first-order valence-electron chi connectivity index (χ1n) is 5.52. The first-order chi connectivity index (χ1) is 8.60. The normalized spacial score (nSPS) is 10.4. The molecule has 0 amide bonds. The summed E-state index contributed by atoms with van der Waals surface area (Å²) in [5, 5.41) is 0.598. The van der Waals surface area contributed by atoms with Crippen LogP contribution in [0.4, 0.5) is 0 Å². The van der Waals surface area contributed by atoms with Gasteiger partial charge in [-0.25, -0.2) is 0 Å². The van der Waals surface area contributed by atoms with E-state index in [9.17, 15) is 0 Å². The van der Waals surface area contributed by atoms with Crippen molar-refractivity contribution in [2.75, 3.05) is 0 Å². The molecule has 94 valence electrons. The number of hydrogen-bond acceptors (Lipinski definition) is 2. The van der Waals surface area contributed by atoms with Gasteiger partial charge in [0.1, 0.15) is 11.5 Å². The highest BCUT2D eigenvalue weighted by molar-refractivity contribution is 9.10. The third-order valence-corrected chi connectivity index (χ3v) is 3.34. The predicted octanol–water partition coefficient (Wildman–Crippen LogP) is 4.66. The summed E-state index contributed by atoms with van der Waals surface area (Å²) in [6.07, 6.45) is 0. The molecule has 0 saturated carbocycles. The van der Waals surface area contributed by atoms with E-state index in [0.29, 0.717) is 17.3 Å². The molecule has 2 aromatic carbocycles. The van der Waals surface area contributed by atoms with E-state index in [1.54, 1.807) is 0 Å². The fraction of sp³-hybridized carbons (Fsp3) is 0.143. The highest BCUT2D eigenvalue weighted by Gasteiger charge is 2.07. The number of nitrogens with two attached hydrogens (primary N) is 1. The maximum absolute atomic E-state index is 6.14. The number of hydrogen-bond donors (Lipinski definition) is 1. The van der Waals surface area contributed by atoms with Crippen LogP contribution in [-0.2, 0) is 6.54 Å². The molecule has 0 saturated heterocycles. The topological polar surface area (TPSA) is 35.2 Å². The van der Waals surface area contributed by atoms with E-state index in [-0.39, 0.29) is 0 Å². The summed E-state index contributed by atoms with van der Waals surface area (Å²) in [4.78, 5) is 0. The lowest BCUT2D eigenvalue weighted by molar-refractivity contribution is 0.476. The number of rotatable bonds is 3. The largest absolute Gasteiger partial charge is 0.455 e. The Morgan fingerprint density at radius 3 is 2.56 bits per heavy atom. The van der Waals surface area contributed by atoms with E-state index in [0.717, 1.165) is 21.3 Å². The van der Waals surface area contributed by atoms with Crippen LogP contribution in [0.3, 0.4) is 0 Å². The monoisotopic (exact) mass is 325 g/mol. The number of halogens is 2. The SMILES string of the molecule is Cc1ccc(Oc2ccc(Br)cc2CN)c(Cl)c1. The average molecular weight is 327 g/mol.